The Hall–Kier alpha value is -0.480. The summed E-state index contributed by atoms with van der Waals surface area (Å²) in [5.74, 6) is 0. The van der Waals surface area contributed by atoms with Gasteiger partial charge in [-0.25, -0.2) is 4.98 Å². The SMILES string of the molecule is CCCNC1C(Sc2nccn2C)CCCC1(C)C. The molecule has 2 atom stereocenters. The monoisotopic (exact) mass is 281 g/mol. The number of thioether (sulfide) groups is 1. The number of hydrogen-bond donors (Lipinski definition) is 1. The molecule has 19 heavy (non-hydrogen) atoms. The molecule has 0 saturated heterocycles. The molecular weight excluding hydrogens is 254 g/mol. The smallest absolute Gasteiger partial charge is 0.167 e. The maximum absolute atomic E-state index is 4.47. The third kappa shape index (κ3) is 3.54. The molecule has 2 rings (SSSR count). The Morgan fingerprint density at radius 2 is 2.32 bits per heavy atom. The summed E-state index contributed by atoms with van der Waals surface area (Å²) in [6.45, 7) is 8.17. The second-order valence-electron chi connectivity index (χ2n) is 6.29. The van der Waals surface area contributed by atoms with Crippen LogP contribution in [0, 0.1) is 5.41 Å². The maximum atomic E-state index is 4.47. The third-order valence-corrected chi connectivity index (χ3v) is 5.59. The van der Waals surface area contributed by atoms with Crippen LogP contribution in [0.3, 0.4) is 0 Å². The van der Waals surface area contributed by atoms with E-state index >= 15 is 0 Å². The molecule has 1 aromatic heterocycles. The molecule has 0 amide bonds. The Morgan fingerprint density at radius 3 is 2.95 bits per heavy atom. The minimum absolute atomic E-state index is 0.385. The van der Waals surface area contributed by atoms with Crippen molar-refractivity contribution in [2.45, 2.75) is 62.9 Å². The molecule has 1 aliphatic rings. The number of aryl methyl sites for hydroxylation is 1. The van der Waals surface area contributed by atoms with Crippen LogP contribution in [-0.4, -0.2) is 27.4 Å². The maximum Gasteiger partial charge on any atom is 0.167 e. The first kappa shape index (κ1) is 14.9. The first-order valence-corrected chi connectivity index (χ1v) is 8.30. The van der Waals surface area contributed by atoms with Crippen LogP contribution in [0.15, 0.2) is 17.6 Å². The largest absolute Gasteiger partial charge is 0.329 e. The van der Waals surface area contributed by atoms with Crippen molar-refractivity contribution in [3.63, 3.8) is 0 Å². The van der Waals surface area contributed by atoms with Crippen LogP contribution in [0.1, 0.15) is 46.5 Å². The van der Waals surface area contributed by atoms with Gasteiger partial charge in [0, 0.05) is 30.7 Å². The van der Waals surface area contributed by atoms with E-state index in [0.29, 0.717) is 16.7 Å². The van der Waals surface area contributed by atoms with Crippen LogP contribution in [0.5, 0.6) is 0 Å². The molecule has 0 aliphatic heterocycles. The summed E-state index contributed by atoms with van der Waals surface area (Å²) >= 11 is 1.95. The van der Waals surface area contributed by atoms with Crippen molar-refractivity contribution in [1.82, 2.24) is 14.9 Å². The predicted molar refractivity (Wildman–Crippen MR) is 82.6 cm³/mol. The summed E-state index contributed by atoms with van der Waals surface area (Å²) in [6, 6.07) is 0.586. The highest BCUT2D eigenvalue weighted by atomic mass is 32.2. The number of imidazole rings is 1. The highest BCUT2D eigenvalue weighted by Gasteiger charge is 2.39. The molecule has 2 unspecified atom stereocenters. The summed E-state index contributed by atoms with van der Waals surface area (Å²) in [6.07, 6.45) is 9.08. The summed E-state index contributed by atoms with van der Waals surface area (Å²) in [7, 11) is 2.08. The summed E-state index contributed by atoms with van der Waals surface area (Å²) in [5.41, 5.74) is 0.385. The zero-order valence-electron chi connectivity index (χ0n) is 12.6. The van der Waals surface area contributed by atoms with E-state index in [-0.39, 0.29) is 0 Å². The van der Waals surface area contributed by atoms with Gasteiger partial charge in [-0.2, -0.15) is 0 Å². The Morgan fingerprint density at radius 1 is 1.53 bits per heavy atom. The molecular formula is C15H27N3S. The van der Waals surface area contributed by atoms with E-state index in [1.54, 1.807) is 0 Å². The van der Waals surface area contributed by atoms with E-state index in [2.05, 4.69) is 42.7 Å². The zero-order chi connectivity index (χ0) is 13.9. The number of rotatable bonds is 5. The van der Waals surface area contributed by atoms with Crippen LogP contribution in [-0.2, 0) is 7.05 Å². The lowest BCUT2D eigenvalue weighted by molar-refractivity contribution is 0.174. The summed E-state index contributed by atoms with van der Waals surface area (Å²) in [5, 5.41) is 5.57. The number of aromatic nitrogens is 2. The molecule has 0 aromatic carbocycles. The minimum atomic E-state index is 0.385. The average molecular weight is 281 g/mol. The van der Waals surface area contributed by atoms with Crippen molar-refractivity contribution in [2.75, 3.05) is 6.54 Å². The first-order chi connectivity index (χ1) is 9.04. The van der Waals surface area contributed by atoms with E-state index in [1.807, 2.05) is 24.2 Å². The van der Waals surface area contributed by atoms with Crippen molar-refractivity contribution in [3.8, 4) is 0 Å². The second kappa shape index (κ2) is 6.31. The molecule has 1 fully saturated rings. The Bertz CT molecular complexity index is 400. The van der Waals surface area contributed by atoms with Gasteiger partial charge in [0.25, 0.3) is 0 Å². The van der Waals surface area contributed by atoms with Crippen LogP contribution >= 0.6 is 11.8 Å². The number of nitrogens with zero attached hydrogens (tertiary/aromatic N) is 2. The third-order valence-electron chi connectivity index (χ3n) is 4.17. The molecule has 0 radical (unpaired) electrons. The van der Waals surface area contributed by atoms with Crippen LogP contribution < -0.4 is 5.32 Å². The van der Waals surface area contributed by atoms with Gasteiger partial charge in [-0.05, 0) is 31.2 Å². The fourth-order valence-corrected chi connectivity index (χ4v) is 4.52. The fourth-order valence-electron chi connectivity index (χ4n) is 3.02. The summed E-state index contributed by atoms with van der Waals surface area (Å²) in [4.78, 5) is 4.47. The highest BCUT2D eigenvalue weighted by molar-refractivity contribution is 7.99. The fraction of sp³-hybridized carbons (Fsp3) is 0.800. The topological polar surface area (TPSA) is 29.9 Å². The van der Waals surface area contributed by atoms with Gasteiger partial charge in [-0.3, -0.25) is 0 Å². The molecule has 0 spiro atoms. The summed E-state index contributed by atoms with van der Waals surface area (Å²) < 4.78 is 2.13. The molecule has 4 heteroatoms. The molecule has 0 bridgehead atoms. The lowest BCUT2D eigenvalue weighted by atomic mass is 9.73. The molecule has 1 saturated carbocycles. The molecule has 1 N–H and O–H groups in total. The van der Waals surface area contributed by atoms with Gasteiger partial charge < -0.3 is 9.88 Å². The zero-order valence-corrected chi connectivity index (χ0v) is 13.5. The van der Waals surface area contributed by atoms with Crippen molar-refractivity contribution < 1.29 is 0 Å². The first-order valence-electron chi connectivity index (χ1n) is 7.42. The molecule has 3 nitrogen and oxygen atoms in total. The quantitative estimate of drug-likeness (QED) is 0.896. The van der Waals surface area contributed by atoms with E-state index in [0.717, 1.165) is 11.7 Å². The van der Waals surface area contributed by atoms with E-state index in [9.17, 15) is 0 Å². The van der Waals surface area contributed by atoms with Crippen LogP contribution in [0.4, 0.5) is 0 Å². The van der Waals surface area contributed by atoms with Gasteiger partial charge in [0.2, 0.25) is 0 Å². The Balaban J connectivity index is 2.09. The molecule has 108 valence electrons. The lowest BCUT2D eigenvalue weighted by Gasteiger charge is -2.44. The second-order valence-corrected chi connectivity index (χ2v) is 7.50. The molecule has 1 aromatic rings. The van der Waals surface area contributed by atoms with Crippen LogP contribution in [0.25, 0.3) is 0 Å². The molecule has 1 aliphatic carbocycles. The number of hydrogen-bond acceptors (Lipinski definition) is 3. The standard InChI is InChI=1S/C15H27N3S/c1-5-9-16-13-12(7-6-8-15(13,2)3)19-14-17-10-11-18(14)4/h10-13,16H,5-9H2,1-4H3. The van der Waals surface area contributed by atoms with Crippen molar-refractivity contribution in [3.05, 3.63) is 12.4 Å². The Labute approximate surface area is 121 Å². The van der Waals surface area contributed by atoms with Crippen molar-refractivity contribution in [2.24, 2.45) is 12.5 Å². The van der Waals surface area contributed by atoms with Crippen molar-refractivity contribution in [1.29, 1.82) is 0 Å². The molecule has 1 heterocycles. The van der Waals surface area contributed by atoms with Gasteiger partial charge in [0.05, 0.1) is 0 Å². The van der Waals surface area contributed by atoms with E-state index in [4.69, 9.17) is 0 Å². The lowest BCUT2D eigenvalue weighted by Crippen LogP contribution is -2.51. The normalized spacial score (nSPS) is 26.5. The van der Waals surface area contributed by atoms with Gasteiger partial charge in [0.1, 0.15) is 0 Å². The predicted octanol–water partition coefficient (Wildman–Crippen LogP) is 3.46. The van der Waals surface area contributed by atoms with Crippen molar-refractivity contribution >= 4 is 11.8 Å². The van der Waals surface area contributed by atoms with Gasteiger partial charge in [0.15, 0.2) is 5.16 Å². The minimum Gasteiger partial charge on any atom is -0.329 e. The highest BCUT2D eigenvalue weighted by Crippen LogP contribution is 2.42. The number of nitrogens with one attached hydrogen (secondary N) is 1. The van der Waals surface area contributed by atoms with Gasteiger partial charge in [-0.1, -0.05) is 39.0 Å². The van der Waals surface area contributed by atoms with E-state index in [1.165, 1.54) is 25.7 Å². The Kier molecular flexibility index (Phi) is 4.96. The van der Waals surface area contributed by atoms with Crippen LogP contribution in [0.2, 0.25) is 0 Å². The van der Waals surface area contributed by atoms with Gasteiger partial charge >= 0.3 is 0 Å². The van der Waals surface area contributed by atoms with Gasteiger partial charge in [-0.15, -0.1) is 0 Å². The average Bonchev–Trinajstić information content (AvgIpc) is 2.74. The van der Waals surface area contributed by atoms with E-state index < -0.39 is 0 Å².